The number of hydrogen-bond donors (Lipinski definition) is 2. The molecule has 8 heteroatoms. The number of β-amino-alcohol motifs (C(OH)–C–C–N with tert-alkyl or cyclic N) is 1. The Hall–Kier alpha value is -0.870. The average molecular weight is 467 g/mol. The Bertz CT molecular complexity index is 647. The molecule has 1 aromatic carbocycles. The summed E-state index contributed by atoms with van der Waals surface area (Å²) in [7, 11) is -3.15. The second-order valence-corrected chi connectivity index (χ2v) is 7.81. The topological polar surface area (TPSA) is 82.0 Å². The molecule has 0 saturated carbocycles. The fraction of sp³-hybridized carbons (Fsp3) is 0.562. The summed E-state index contributed by atoms with van der Waals surface area (Å²) >= 11 is 0. The predicted octanol–water partition coefficient (Wildman–Crippen LogP) is 1.28. The van der Waals surface area contributed by atoms with Gasteiger partial charge in [0.2, 0.25) is 0 Å². The van der Waals surface area contributed by atoms with E-state index in [2.05, 4.69) is 15.2 Å². The van der Waals surface area contributed by atoms with Crippen molar-refractivity contribution in [1.82, 2.24) is 10.2 Å². The van der Waals surface area contributed by atoms with E-state index in [1.165, 1.54) is 6.26 Å². The summed E-state index contributed by atoms with van der Waals surface area (Å²) in [6.45, 7) is 4.86. The highest BCUT2D eigenvalue weighted by atomic mass is 127. The summed E-state index contributed by atoms with van der Waals surface area (Å²) in [5.41, 5.74) is 1.05. The minimum atomic E-state index is -3.15. The number of halogens is 1. The molecule has 1 heterocycles. The molecule has 1 fully saturated rings. The second-order valence-electron chi connectivity index (χ2n) is 5.79. The molecule has 6 nitrogen and oxygen atoms in total. The first-order valence-corrected chi connectivity index (χ1v) is 9.79. The lowest BCUT2D eigenvalue weighted by Gasteiger charge is -2.20. The molecule has 0 spiro atoms. The second kappa shape index (κ2) is 9.57. The summed E-state index contributed by atoms with van der Waals surface area (Å²) in [5.74, 6) is 0.830. The summed E-state index contributed by atoms with van der Waals surface area (Å²) in [6, 6.07) is 6.93. The van der Waals surface area contributed by atoms with Gasteiger partial charge in [-0.05, 0) is 37.5 Å². The van der Waals surface area contributed by atoms with E-state index < -0.39 is 9.84 Å². The van der Waals surface area contributed by atoms with Crippen LogP contribution < -0.4 is 5.32 Å². The molecule has 1 aliphatic rings. The number of aliphatic hydroxyl groups is 1. The van der Waals surface area contributed by atoms with Gasteiger partial charge in [-0.3, -0.25) is 4.99 Å². The molecule has 1 aromatic rings. The van der Waals surface area contributed by atoms with E-state index >= 15 is 0 Å². The Morgan fingerprint density at radius 2 is 2.04 bits per heavy atom. The Morgan fingerprint density at radius 1 is 1.38 bits per heavy atom. The van der Waals surface area contributed by atoms with Gasteiger partial charge < -0.3 is 15.3 Å². The molecule has 1 atom stereocenters. The van der Waals surface area contributed by atoms with Crippen LogP contribution in [-0.2, 0) is 16.3 Å². The lowest BCUT2D eigenvalue weighted by molar-refractivity contribution is 0.188. The van der Waals surface area contributed by atoms with Gasteiger partial charge in [-0.2, -0.15) is 0 Å². The SMILES string of the molecule is CCNC(=NCCc1ccc(S(C)(=O)=O)cc1)N1CC[C@@H](O)C1.I. The molecule has 0 amide bonds. The molecule has 24 heavy (non-hydrogen) atoms. The molecule has 0 aliphatic carbocycles. The maximum absolute atomic E-state index is 11.4. The quantitative estimate of drug-likeness (QED) is 0.388. The summed E-state index contributed by atoms with van der Waals surface area (Å²) in [6.07, 6.45) is 2.45. The number of guanidine groups is 1. The number of hydrogen-bond acceptors (Lipinski definition) is 4. The number of aliphatic hydroxyl groups excluding tert-OH is 1. The van der Waals surface area contributed by atoms with Crippen LogP contribution in [0.3, 0.4) is 0 Å². The minimum Gasteiger partial charge on any atom is -0.391 e. The zero-order valence-corrected chi connectivity index (χ0v) is 17.3. The Morgan fingerprint density at radius 3 is 2.54 bits per heavy atom. The first kappa shape index (κ1) is 21.2. The molecular formula is C16H26IN3O3S. The fourth-order valence-electron chi connectivity index (χ4n) is 2.55. The van der Waals surface area contributed by atoms with E-state index in [0.29, 0.717) is 18.0 Å². The van der Waals surface area contributed by atoms with Crippen molar-refractivity contribution in [1.29, 1.82) is 0 Å². The van der Waals surface area contributed by atoms with Crippen LogP contribution in [0.2, 0.25) is 0 Å². The highest BCUT2D eigenvalue weighted by Crippen LogP contribution is 2.11. The Balaban J connectivity index is 0.00000288. The Labute approximate surface area is 161 Å². The van der Waals surface area contributed by atoms with Crippen molar-refractivity contribution in [3.8, 4) is 0 Å². The smallest absolute Gasteiger partial charge is 0.194 e. The lowest BCUT2D eigenvalue weighted by atomic mass is 10.1. The highest BCUT2D eigenvalue weighted by Gasteiger charge is 2.22. The zero-order chi connectivity index (χ0) is 16.9. The maximum Gasteiger partial charge on any atom is 0.194 e. The van der Waals surface area contributed by atoms with Crippen LogP contribution in [0.1, 0.15) is 18.9 Å². The molecule has 136 valence electrons. The minimum absolute atomic E-state index is 0. The van der Waals surface area contributed by atoms with Crippen molar-refractivity contribution in [3.63, 3.8) is 0 Å². The van der Waals surface area contributed by atoms with Crippen molar-refractivity contribution < 1.29 is 13.5 Å². The maximum atomic E-state index is 11.4. The fourth-order valence-corrected chi connectivity index (χ4v) is 3.18. The van der Waals surface area contributed by atoms with Gasteiger partial charge in [-0.25, -0.2) is 8.42 Å². The summed E-state index contributed by atoms with van der Waals surface area (Å²) in [5, 5.41) is 12.9. The molecule has 1 aliphatic heterocycles. The van der Waals surface area contributed by atoms with Crippen molar-refractivity contribution in [2.24, 2.45) is 4.99 Å². The van der Waals surface area contributed by atoms with Crippen molar-refractivity contribution in [2.75, 3.05) is 32.4 Å². The third kappa shape index (κ3) is 6.21. The number of nitrogens with zero attached hydrogens (tertiary/aromatic N) is 2. The highest BCUT2D eigenvalue weighted by molar-refractivity contribution is 14.0. The summed E-state index contributed by atoms with van der Waals surface area (Å²) in [4.78, 5) is 7.01. The number of aliphatic imine (C=N–C) groups is 1. The van der Waals surface area contributed by atoms with E-state index in [9.17, 15) is 13.5 Å². The van der Waals surface area contributed by atoms with E-state index in [1.807, 2.05) is 19.1 Å². The lowest BCUT2D eigenvalue weighted by Crippen LogP contribution is -2.40. The monoisotopic (exact) mass is 467 g/mol. The molecule has 0 radical (unpaired) electrons. The molecule has 1 saturated heterocycles. The summed E-state index contributed by atoms with van der Waals surface area (Å²) < 4.78 is 22.9. The van der Waals surface area contributed by atoms with Crippen LogP contribution in [0.4, 0.5) is 0 Å². The first-order valence-electron chi connectivity index (χ1n) is 7.90. The van der Waals surface area contributed by atoms with E-state index in [0.717, 1.165) is 37.5 Å². The van der Waals surface area contributed by atoms with Crippen LogP contribution in [0.25, 0.3) is 0 Å². The number of benzene rings is 1. The number of rotatable bonds is 5. The van der Waals surface area contributed by atoms with E-state index in [-0.39, 0.29) is 30.1 Å². The third-order valence-electron chi connectivity index (χ3n) is 3.81. The Kier molecular flexibility index (Phi) is 8.44. The van der Waals surface area contributed by atoms with Gasteiger partial charge in [0.05, 0.1) is 11.0 Å². The molecule has 0 unspecified atom stereocenters. The van der Waals surface area contributed by atoms with Crippen molar-refractivity contribution in [2.45, 2.75) is 30.8 Å². The normalized spacial score (nSPS) is 18.4. The van der Waals surface area contributed by atoms with Crippen molar-refractivity contribution >= 4 is 39.8 Å². The standard InChI is InChI=1S/C16H25N3O3S.HI/c1-3-17-16(19-11-9-14(20)12-19)18-10-8-13-4-6-15(7-5-13)23(2,21)22;/h4-7,14,20H,3,8-12H2,1-2H3,(H,17,18);1H/t14-;/m1./s1. The first-order chi connectivity index (χ1) is 10.9. The molecule has 2 rings (SSSR count). The average Bonchev–Trinajstić information content (AvgIpc) is 2.92. The molecule has 0 aromatic heterocycles. The number of sulfone groups is 1. The number of likely N-dealkylation sites (tertiary alicyclic amines) is 1. The van der Waals surface area contributed by atoms with Crippen LogP contribution in [0, 0.1) is 0 Å². The van der Waals surface area contributed by atoms with Crippen molar-refractivity contribution in [3.05, 3.63) is 29.8 Å². The van der Waals surface area contributed by atoms with Gasteiger partial charge >= 0.3 is 0 Å². The van der Waals surface area contributed by atoms with E-state index in [1.54, 1.807) is 12.1 Å². The largest absolute Gasteiger partial charge is 0.391 e. The van der Waals surface area contributed by atoms with Gasteiger partial charge in [-0.1, -0.05) is 12.1 Å². The molecule has 0 bridgehead atoms. The van der Waals surface area contributed by atoms with Gasteiger partial charge in [0.25, 0.3) is 0 Å². The van der Waals surface area contributed by atoms with E-state index in [4.69, 9.17) is 0 Å². The van der Waals surface area contributed by atoms with Crippen LogP contribution in [0.5, 0.6) is 0 Å². The molecular weight excluding hydrogens is 441 g/mol. The van der Waals surface area contributed by atoms with Crippen LogP contribution >= 0.6 is 24.0 Å². The predicted molar refractivity (Wildman–Crippen MR) is 107 cm³/mol. The van der Waals surface area contributed by atoms with Crippen LogP contribution in [0.15, 0.2) is 34.2 Å². The zero-order valence-electron chi connectivity index (χ0n) is 14.1. The van der Waals surface area contributed by atoms with Gasteiger partial charge in [0, 0.05) is 32.4 Å². The number of nitrogens with one attached hydrogen (secondary N) is 1. The third-order valence-corrected chi connectivity index (χ3v) is 4.94. The van der Waals surface area contributed by atoms with Gasteiger partial charge in [0.1, 0.15) is 0 Å². The van der Waals surface area contributed by atoms with Gasteiger partial charge in [-0.15, -0.1) is 24.0 Å². The van der Waals surface area contributed by atoms with Crippen LogP contribution in [-0.4, -0.2) is 62.9 Å². The van der Waals surface area contributed by atoms with Gasteiger partial charge in [0.15, 0.2) is 15.8 Å². The molecule has 2 N–H and O–H groups in total.